The Morgan fingerprint density at radius 3 is 2.70 bits per heavy atom. The molecule has 1 rings (SSSR count). The number of anilines is 1. The summed E-state index contributed by atoms with van der Waals surface area (Å²) in [5.74, 6) is 5.13. The fourth-order valence-corrected chi connectivity index (χ4v) is 4.15. The molecule has 0 spiro atoms. The van der Waals surface area contributed by atoms with Crippen LogP contribution in [-0.4, -0.2) is 30.7 Å². The van der Waals surface area contributed by atoms with Crippen molar-refractivity contribution in [1.29, 1.82) is 5.26 Å². The molecule has 1 heterocycles. The molecule has 0 aliphatic rings. The molecule has 0 aliphatic carbocycles. The van der Waals surface area contributed by atoms with Crippen LogP contribution in [0, 0.1) is 21.4 Å². The van der Waals surface area contributed by atoms with E-state index < -0.39 is 26.7 Å². The van der Waals surface area contributed by atoms with Crippen LogP contribution in [0.4, 0.5) is 10.7 Å². The van der Waals surface area contributed by atoms with Gasteiger partial charge in [-0.05, 0) is 6.92 Å². The number of nitrogens with zero attached hydrogens (tertiary/aromatic N) is 3. The normalized spacial score (nSPS) is 12.9. The maximum Gasteiger partial charge on any atom is 0.306 e. The highest BCUT2D eigenvalue weighted by Gasteiger charge is 2.31. The highest BCUT2D eigenvalue weighted by molar-refractivity contribution is 7.91. The van der Waals surface area contributed by atoms with Crippen molar-refractivity contribution in [2.24, 2.45) is 5.84 Å². The molecule has 0 amide bonds. The molecule has 11 heteroatoms. The van der Waals surface area contributed by atoms with Crippen molar-refractivity contribution in [3.05, 3.63) is 16.2 Å². The highest BCUT2D eigenvalue weighted by atomic mass is 32.2. The Labute approximate surface area is 119 Å². The van der Waals surface area contributed by atoms with Gasteiger partial charge in [0.05, 0.1) is 17.4 Å². The van der Waals surface area contributed by atoms with Gasteiger partial charge in [-0.1, -0.05) is 11.3 Å². The lowest BCUT2D eigenvalue weighted by Crippen LogP contribution is -2.34. The third-order valence-electron chi connectivity index (χ3n) is 2.66. The zero-order valence-electron chi connectivity index (χ0n) is 10.7. The molecule has 1 aromatic rings. The predicted octanol–water partition coefficient (Wildman–Crippen LogP) is 0.865. The third-order valence-corrected chi connectivity index (χ3v) is 6.13. The number of rotatable bonds is 6. The van der Waals surface area contributed by atoms with Crippen LogP contribution in [0.3, 0.4) is 0 Å². The van der Waals surface area contributed by atoms with E-state index in [9.17, 15) is 18.5 Å². The van der Waals surface area contributed by atoms with Crippen molar-refractivity contribution in [1.82, 2.24) is 4.31 Å². The number of hydrazine groups is 1. The van der Waals surface area contributed by atoms with Crippen LogP contribution in [0.25, 0.3) is 0 Å². The number of thiophene rings is 1. The van der Waals surface area contributed by atoms with Crippen molar-refractivity contribution in [3.63, 3.8) is 0 Å². The lowest BCUT2D eigenvalue weighted by molar-refractivity contribution is -0.383. The van der Waals surface area contributed by atoms with Gasteiger partial charge in [-0.25, -0.2) is 14.3 Å². The van der Waals surface area contributed by atoms with Gasteiger partial charge in [0.2, 0.25) is 0 Å². The molecule has 0 fully saturated rings. The molecule has 1 aromatic heterocycles. The zero-order valence-corrected chi connectivity index (χ0v) is 12.4. The number of nitriles is 1. The van der Waals surface area contributed by atoms with Crippen molar-refractivity contribution < 1.29 is 13.3 Å². The quantitative estimate of drug-likeness (QED) is 0.449. The first kappa shape index (κ1) is 16.3. The molecule has 9 nitrogen and oxygen atoms in total. The van der Waals surface area contributed by atoms with Crippen LogP contribution in [0.15, 0.2) is 10.3 Å². The van der Waals surface area contributed by atoms with Crippen LogP contribution < -0.4 is 11.3 Å². The van der Waals surface area contributed by atoms with Gasteiger partial charge in [0, 0.05) is 19.2 Å². The van der Waals surface area contributed by atoms with Crippen LogP contribution >= 0.6 is 11.3 Å². The molecule has 0 saturated heterocycles. The summed E-state index contributed by atoms with van der Waals surface area (Å²) < 4.78 is 25.4. The van der Waals surface area contributed by atoms with E-state index in [1.54, 1.807) is 6.92 Å². The third kappa shape index (κ3) is 3.05. The Morgan fingerprint density at radius 2 is 2.30 bits per heavy atom. The minimum absolute atomic E-state index is 0.0190. The predicted molar refractivity (Wildman–Crippen MR) is 73.4 cm³/mol. The summed E-state index contributed by atoms with van der Waals surface area (Å²) in [5.41, 5.74) is 1.70. The van der Waals surface area contributed by atoms with Gasteiger partial charge in [-0.2, -0.15) is 9.57 Å². The summed E-state index contributed by atoms with van der Waals surface area (Å²) >= 11 is 0.668. The Morgan fingerprint density at radius 1 is 1.70 bits per heavy atom. The number of nitrogens with one attached hydrogen (secondary N) is 1. The minimum atomic E-state index is -3.90. The zero-order chi connectivity index (χ0) is 15.5. The van der Waals surface area contributed by atoms with E-state index in [4.69, 9.17) is 11.1 Å². The number of nitrogen functional groups attached to an aromatic ring is 1. The molecule has 1 atom stereocenters. The molecule has 110 valence electrons. The number of sulfonamides is 1. The molecule has 0 radical (unpaired) electrons. The fraction of sp³-hybridized carbons (Fsp3) is 0.444. The highest BCUT2D eigenvalue weighted by Crippen LogP contribution is 2.37. The molecule has 20 heavy (non-hydrogen) atoms. The lowest BCUT2D eigenvalue weighted by atomic mass is 10.3. The molecular formula is C9H13N5O4S2. The maximum atomic E-state index is 12.3. The number of hydrogen-bond acceptors (Lipinski definition) is 8. The van der Waals surface area contributed by atoms with Crippen LogP contribution in [0.2, 0.25) is 0 Å². The second-order valence-electron chi connectivity index (χ2n) is 3.91. The van der Waals surface area contributed by atoms with Crippen molar-refractivity contribution in [3.8, 4) is 6.07 Å². The average Bonchev–Trinajstić information content (AvgIpc) is 2.82. The van der Waals surface area contributed by atoms with E-state index in [0.29, 0.717) is 11.3 Å². The van der Waals surface area contributed by atoms with E-state index in [1.807, 2.05) is 6.07 Å². The second-order valence-corrected chi connectivity index (χ2v) is 7.19. The van der Waals surface area contributed by atoms with Gasteiger partial charge >= 0.3 is 5.69 Å². The van der Waals surface area contributed by atoms with Crippen molar-refractivity contribution in [2.75, 3.05) is 12.5 Å². The van der Waals surface area contributed by atoms with Gasteiger partial charge in [0.25, 0.3) is 10.0 Å². The van der Waals surface area contributed by atoms with Gasteiger partial charge in [-0.3, -0.25) is 10.1 Å². The van der Waals surface area contributed by atoms with Gasteiger partial charge < -0.3 is 5.43 Å². The molecule has 3 N–H and O–H groups in total. The van der Waals surface area contributed by atoms with Gasteiger partial charge in [-0.15, -0.1) is 0 Å². The van der Waals surface area contributed by atoms with Crippen molar-refractivity contribution in [2.45, 2.75) is 23.6 Å². The average molecular weight is 319 g/mol. The number of nitro groups is 1. The summed E-state index contributed by atoms with van der Waals surface area (Å²) in [6.07, 6.45) is 0.0190. The van der Waals surface area contributed by atoms with Gasteiger partial charge in [0.15, 0.2) is 5.00 Å². The molecule has 0 aromatic carbocycles. The second kappa shape index (κ2) is 6.14. The summed E-state index contributed by atoms with van der Waals surface area (Å²) in [6.45, 7) is 1.57. The fourth-order valence-electron chi connectivity index (χ4n) is 1.37. The molecule has 0 saturated carbocycles. The first-order valence-corrected chi connectivity index (χ1v) is 7.61. The van der Waals surface area contributed by atoms with E-state index in [1.165, 1.54) is 7.05 Å². The molecule has 1 unspecified atom stereocenters. The molecule has 0 aliphatic heterocycles. The van der Waals surface area contributed by atoms with Crippen LogP contribution in [0.5, 0.6) is 0 Å². The van der Waals surface area contributed by atoms with E-state index in [-0.39, 0.29) is 15.6 Å². The van der Waals surface area contributed by atoms with E-state index in [2.05, 4.69) is 5.43 Å². The molecule has 0 bridgehead atoms. The van der Waals surface area contributed by atoms with Crippen LogP contribution in [0.1, 0.15) is 13.3 Å². The first-order valence-electron chi connectivity index (χ1n) is 5.35. The monoisotopic (exact) mass is 319 g/mol. The Hall–Kier alpha value is -1.74. The van der Waals surface area contributed by atoms with Crippen LogP contribution in [-0.2, 0) is 10.0 Å². The van der Waals surface area contributed by atoms with E-state index >= 15 is 0 Å². The lowest BCUT2D eigenvalue weighted by Gasteiger charge is -2.21. The summed E-state index contributed by atoms with van der Waals surface area (Å²) in [5, 5.41) is 19.3. The first-order chi connectivity index (χ1) is 9.25. The number of hydrogen-bond donors (Lipinski definition) is 2. The van der Waals surface area contributed by atoms with Gasteiger partial charge in [0.1, 0.15) is 4.21 Å². The van der Waals surface area contributed by atoms with E-state index in [0.717, 1.165) is 10.4 Å². The Bertz CT molecular complexity index is 648. The summed E-state index contributed by atoms with van der Waals surface area (Å²) in [6, 6.07) is 2.28. The number of nitrogens with two attached hydrogens (primary N) is 1. The summed E-state index contributed by atoms with van der Waals surface area (Å²) in [4.78, 5) is 10.1. The Balaban J connectivity index is 3.23. The maximum absolute atomic E-state index is 12.3. The standard InChI is InChI=1S/C9H13N5O4S2/c1-6(3-4-10)13(2)20(17,18)8-5-7(14(15)16)9(12-11)19-8/h5-6,12H,3,11H2,1-2H3. The largest absolute Gasteiger partial charge is 0.310 e. The minimum Gasteiger partial charge on any atom is -0.310 e. The smallest absolute Gasteiger partial charge is 0.306 e. The summed E-state index contributed by atoms with van der Waals surface area (Å²) in [7, 11) is -2.59. The Kier molecular flexibility index (Phi) is 5.01. The molecular weight excluding hydrogens is 306 g/mol. The topological polar surface area (TPSA) is 142 Å². The SMILES string of the molecule is CC(CC#N)N(C)S(=O)(=O)c1cc([N+](=O)[O-])c(NN)s1. The van der Waals surface area contributed by atoms with Crippen molar-refractivity contribution >= 4 is 32.0 Å².